The zero-order chi connectivity index (χ0) is 10.4. The molecule has 5 nitrogen and oxygen atoms in total. The summed E-state index contributed by atoms with van der Waals surface area (Å²) >= 11 is 1.55. The molecule has 0 unspecified atom stereocenters. The predicted molar refractivity (Wildman–Crippen MR) is 56.5 cm³/mol. The van der Waals surface area contributed by atoms with Gasteiger partial charge < -0.3 is 14.6 Å². The van der Waals surface area contributed by atoms with Crippen LogP contribution >= 0.6 is 11.3 Å². The third-order valence-corrected chi connectivity index (χ3v) is 2.88. The predicted octanol–water partition coefficient (Wildman–Crippen LogP) is 2.43. The van der Waals surface area contributed by atoms with E-state index >= 15 is 0 Å². The summed E-state index contributed by atoms with van der Waals surface area (Å²) in [5.74, 6) is 0.734. The highest BCUT2D eigenvalue weighted by atomic mass is 32.1. The lowest BCUT2D eigenvalue weighted by Crippen LogP contribution is -1.79. The summed E-state index contributed by atoms with van der Waals surface area (Å²) in [6.45, 7) is 1.97. The number of hydrogen-bond acceptors (Lipinski definition) is 6. The van der Waals surface area contributed by atoms with Crippen LogP contribution in [0.15, 0.2) is 20.6 Å². The third kappa shape index (κ3) is 1.15. The zero-order valence-electron chi connectivity index (χ0n) is 7.85. The van der Waals surface area contributed by atoms with Gasteiger partial charge in [-0.15, -0.1) is 11.3 Å². The van der Waals surface area contributed by atoms with Gasteiger partial charge in [-0.05, 0) is 6.92 Å². The maximum atomic E-state index is 5.56. The maximum Gasteiger partial charge on any atom is 0.247 e. The fourth-order valence-electron chi connectivity index (χ4n) is 1.37. The molecule has 0 amide bonds. The third-order valence-electron chi connectivity index (χ3n) is 2.12. The molecule has 0 radical (unpaired) electrons. The van der Waals surface area contributed by atoms with Crippen LogP contribution in [0.3, 0.4) is 0 Å². The topological polar surface area (TPSA) is 78.1 Å². The molecule has 76 valence electrons. The molecular formula is C9H7N3O2S. The van der Waals surface area contributed by atoms with E-state index in [1.807, 2.05) is 6.92 Å². The molecular weight excluding hydrogens is 214 g/mol. The number of nitrogens with zero attached hydrogens (tertiary/aromatic N) is 2. The van der Waals surface area contributed by atoms with Crippen molar-refractivity contribution in [2.75, 3.05) is 5.73 Å². The molecule has 0 aromatic carbocycles. The van der Waals surface area contributed by atoms with E-state index in [0.29, 0.717) is 17.0 Å². The molecule has 3 aromatic rings. The largest absolute Gasteiger partial charge is 0.443 e. The summed E-state index contributed by atoms with van der Waals surface area (Å²) in [5.41, 5.74) is 9.18. The van der Waals surface area contributed by atoms with Gasteiger partial charge in [0.25, 0.3) is 0 Å². The number of aromatic nitrogens is 2. The molecule has 0 spiro atoms. The van der Waals surface area contributed by atoms with Crippen LogP contribution in [-0.4, -0.2) is 9.97 Å². The van der Waals surface area contributed by atoms with Crippen molar-refractivity contribution in [1.29, 1.82) is 0 Å². The summed E-state index contributed by atoms with van der Waals surface area (Å²) in [6, 6.07) is 0. The Morgan fingerprint density at radius 1 is 1.47 bits per heavy atom. The number of furan rings is 1. The number of hydrogen-bond donors (Lipinski definition) is 1. The Kier molecular flexibility index (Phi) is 1.60. The zero-order valence-corrected chi connectivity index (χ0v) is 8.67. The van der Waals surface area contributed by atoms with Gasteiger partial charge in [-0.3, -0.25) is 0 Å². The van der Waals surface area contributed by atoms with Gasteiger partial charge in [-0.2, -0.15) is 0 Å². The summed E-state index contributed by atoms with van der Waals surface area (Å²) in [6.07, 6.45) is 1.47. The Balaban J connectivity index is 2.24. The maximum absolute atomic E-state index is 5.56. The molecule has 0 aliphatic carbocycles. The highest BCUT2D eigenvalue weighted by Crippen LogP contribution is 2.30. The molecule has 3 aromatic heterocycles. The Morgan fingerprint density at radius 3 is 3.00 bits per heavy atom. The first kappa shape index (κ1) is 8.49. The van der Waals surface area contributed by atoms with Gasteiger partial charge in [0.1, 0.15) is 12.0 Å². The number of anilines is 1. The molecule has 0 saturated carbocycles. The summed E-state index contributed by atoms with van der Waals surface area (Å²) in [7, 11) is 0. The van der Waals surface area contributed by atoms with E-state index in [4.69, 9.17) is 14.6 Å². The van der Waals surface area contributed by atoms with Gasteiger partial charge in [0.15, 0.2) is 5.52 Å². The molecule has 0 bridgehead atoms. The van der Waals surface area contributed by atoms with Crippen molar-refractivity contribution >= 4 is 28.3 Å². The van der Waals surface area contributed by atoms with Crippen molar-refractivity contribution in [3.05, 3.63) is 16.7 Å². The minimum atomic E-state index is 0.247. The van der Waals surface area contributed by atoms with Gasteiger partial charge >= 0.3 is 0 Å². The van der Waals surface area contributed by atoms with Crippen LogP contribution in [-0.2, 0) is 0 Å². The van der Waals surface area contributed by atoms with Crippen LogP contribution in [0.5, 0.6) is 0 Å². The molecule has 3 rings (SSSR count). The van der Waals surface area contributed by atoms with E-state index in [2.05, 4.69) is 9.97 Å². The SMILES string of the molecule is Cc1scnc1-c1nc2coc(N)c2o1. The summed E-state index contributed by atoms with van der Waals surface area (Å²) < 4.78 is 10.4. The average Bonchev–Trinajstić information content (AvgIpc) is 2.84. The molecule has 0 fully saturated rings. The number of thiazole rings is 1. The van der Waals surface area contributed by atoms with Crippen LogP contribution in [0.2, 0.25) is 0 Å². The standard InChI is InChI=1S/C9H7N3O2S/c1-4-6(11-3-15-4)9-12-5-2-13-8(10)7(5)14-9/h2-3H,10H2,1H3. The van der Waals surface area contributed by atoms with Crippen molar-refractivity contribution in [3.63, 3.8) is 0 Å². The highest BCUT2D eigenvalue weighted by Gasteiger charge is 2.16. The van der Waals surface area contributed by atoms with Gasteiger partial charge in [0.05, 0.1) is 5.51 Å². The van der Waals surface area contributed by atoms with Crippen molar-refractivity contribution in [2.24, 2.45) is 0 Å². The molecule has 15 heavy (non-hydrogen) atoms. The van der Waals surface area contributed by atoms with E-state index in [1.54, 1.807) is 16.8 Å². The van der Waals surface area contributed by atoms with Crippen LogP contribution in [0, 0.1) is 6.92 Å². The van der Waals surface area contributed by atoms with Gasteiger partial charge in [0, 0.05) is 4.88 Å². The second kappa shape index (κ2) is 2.83. The average molecular weight is 221 g/mol. The summed E-state index contributed by atoms with van der Waals surface area (Å²) in [5, 5.41) is 0. The van der Waals surface area contributed by atoms with E-state index in [-0.39, 0.29) is 5.88 Å². The first-order chi connectivity index (χ1) is 7.25. The molecule has 0 saturated heterocycles. The highest BCUT2D eigenvalue weighted by molar-refractivity contribution is 7.10. The number of nitrogens with two attached hydrogens (primary N) is 1. The van der Waals surface area contributed by atoms with Crippen LogP contribution in [0.4, 0.5) is 5.88 Å². The molecule has 6 heteroatoms. The normalized spacial score (nSPS) is 11.3. The Labute approximate surface area is 88.5 Å². The quantitative estimate of drug-likeness (QED) is 0.682. The number of rotatable bonds is 1. The molecule has 2 N–H and O–H groups in total. The second-order valence-electron chi connectivity index (χ2n) is 3.09. The van der Waals surface area contributed by atoms with E-state index in [1.165, 1.54) is 6.26 Å². The van der Waals surface area contributed by atoms with E-state index < -0.39 is 0 Å². The van der Waals surface area contributed by atoms with Crippen molar-refractivity contribution in [1.82, 2.24) is 9.97 Å². The van der Waals surface area contributed by atoms with Crippen LogP contribution < -0.4 is 5.73 Å². The number of aryl methyl sites for hydroxylation is 1. The smallest absolute Gasteiger partial charge is 0.247 e. The van der Waals surface area contributed by atoms with Crippen molar-refractivity contribution < 1.29 is 8.83 Å². The Hall–Kier alpha value is -1.82. The monoisotopic (exact) mass is 221 g/mol. The molecule has 0 atom stereocenters. The number of oxazole rings is 1. The van der Waals surface area contributed by atoms with E-state index in [0.717, 1.165) is 10.6 Å². The first-order valence-corrected chi connectivity index (χ1v) is 5.17. The lowest BCUT2D eigenvalue weighted by Gasteiger charge is -1.89. The molecule has 0 aliphatic rings. The van der Waals surface area contributed by atoms with Gasteiger partial charge in [-0.1, -0.05) is 0 Å². The fourth-order valence-corrected chi connectivity index (χ4v) is 1.94. The Morgan fingerprint density at radius 2 is 2.33 bits per heavy atom. The minimum absolute atomic E-state index is 0.247. The lowest BCUT2D eigenvalue weighted by atomic mass is 10.4. The van der Waals surface area contributed by atoms with E-state index in [9.17, 15) is 0 Å². The second-order valence-corrected chi connectivity index (χ2v) is 4.15. The fraction of sp³-hybridized carbons (Fsp3) is 0.111. The van der Waals surface area contributed by atoms with Crippen LogP contribution in [0.25, 0.3) is 22.7 Å². The Bertz CT molecular complexity index is 622. The van der Waals surface area contributed by atoms with Crippen molar-refractivity contribution in [3.8, 4) is 11.6 Å². The van der Waals surface area contributed by atoms with Gasteiger partial charge in [-0.25, -0.2) is 9.97 Å². The summed E-state index contributed by atoms with van der Waals surface area (Å²) in [4.78, 5) is 9.49. The van der Waals surface area contributed by atoms with Gasteiger partial charge in [0.2, 0.25) is 17.4 Å². The lowest BCUT2D eigenvalue weighted by molar-refractivity contribution is 0.565. The van der Waals surface area contributed by atoms with Crippen LogP contribution in [0.1, 0.15) is 4.88 Å². The molecule has 0 aliphatic heterocycles. The molecule has 3 heterocycles. The first-order valence-electron chi connectivity index (χ1n) is 4.29. The number of fused-ring (bicyclic) bond motifs is 1. The number of nitrogen functional groups attached to an aromatic ring is 1. The van der Waals surface area contributed by atoms with Crippen molar-refractivity contribution in [2.45, 2.75) is 6.92 Å². The minimum Gasteiger partial charge on any atom is -0.443 e.